The Hall–Kier alpha value is -0.500. The van der Waals surface area contributed by atoms with E-state index in [9.17, 15) is 25.5 Å². The molecule has 0 bridgehead atoms. The molecule has 5 N–H and O–H groups in total. The van der Waals surface area contributed by atoms with Crippen molar-refractivity contribution in [3.05, 3.63) is 12.2 Å². The molecule has 6 nitrogen and oxygen atoms in total. The lowest BCUT2D eigenvalue weighted by Gasteiger charge is -2.40. The second-order valence-electron chi connectivity index (χ2n) is 9.12. The number of hydrogen-bond acceptors (Lipinski definition) is 6. The van der Waals surface area contributed by atoms with E-state index < -0.39 is 43.2 Å². The van der Waals surface area contributed by atoms with E-state index in [1.165, 1.54) is 64.2 Å². The molecule has 6 heteroatoms. The molecule has 1 heterocycles. The highest BCUT2D eigenvalue weighted by Gasteiger charge is 2.42. The van der Waals surface area contributed by atoms with Crippen LogP contribution < -0.4 is 0 Å². The lowest BCUT2D eigenvalue weighted by Crippen LogP contribution is -2.58. The first-order valence-electron chi connectivity index (χ1n) is 12.7. The van der Waals surface area contributed by atoms with Gasteiger partial charge in [-0.25, -0.2) is 0 Å². The van der Waals surface area contributed by atoms with Gasteiger partial charge in [-0.1, -0.05) is 83.3 Å². The summed E-state index contributed by atoms with van der Waals surface area (Å²) in [6, 6.07) is 0. The molecule has 1 aliphatic rings. The number of hydrogen-bond donors (Lipinski definition) is 5. The Morgan fingerprint density at radius 2 is 1.29 bits per heavy atom. The highest BCUT2D eigenvalue weighted by molar-refractivity contribution is 4.93. The van der Waals surface area contributed by atoms with Gasteiger partial charge in [0.1, 0.15) is 24.4 Å². The van der Waals surface area contributed by atoms with Crippen LogP contribution in [0.4, 0.5) is 0 Å². The Kier molecular flexibility index (Phi) is 16.6. The fourth-order valence-corrected chi connectivity index (χ4v) is 4.22. The number of aliphatic hydroxyl groups excluding tert-OH is 5. The minimum atomic E-state index is -1.33. The Balaban J connectivity index is 2.01. The van der Waals surface area contributed by atoms with Gasteiger partial charge in [0.25, 0.3) is 0 Å². The normalized spacial score (nSPS) is 27.7. The standard InChI is InChI=1S/C25H48O6/c1-2-3-4-5-6-7-8-9-10-11-12-13-14-16-20(27)17-15-18-21-23(28)25(30)24(29)22(19-26)31-21/h14,16,20-30H,2-13,15,17-19H2,1H3/b16-14+/t20-,21+,22?,23?,24-,25?/m1/s1. The van der Waals surface area contributed by atoms with E-state index in [1.54, 1.807) is 0 Å². The molecule has 0 aromatic rings. The van der Waals surface area contributed by atoms with E-state index in [2.05, 4.69) is 6.92 Å². The van der Waals surface area contributed by atoms with Crippen LogP contribution in [0.3, 0.4) is 0 Å². The van der Waals surface area contributed by atoms with Gasteiger partial charge in [-0.3, -0.25) is 0 Å². The summed E-state index contributed by atoms with van der Waals surface area (Å²) in [5.74, 6) is 0. The van der Waals surface area contributed by atoms with E-state index in [4.69, 9.17) is 4.74 Å². The third-order valence-electron chi connectivity index (χ3n) is 6.31. The summed E-state index contributed by atoms with van der Waals surface area (Å²) in [7, 11) is 0. The van der Waals surface area contributed by atoms with E-state index in [0.29, 0.717) is 19.3 Å². The van der Waals surface area contributed by atoms with Gasteiger partial charge in [-0.2, -0.15) is 0 Å². The van der Waals surface area contributed by atoms with E-state index in [-0.39, 0.29) is 0 Å². The average molecular weight is 445 g/mol. The maximum Gasteiger partial charge on any atom is 0.111 e. The van der Waals surface area contributed by atoms with Crippen molar-refractivity contribution in [2.45, 2.75) is 140 Å². The van der Waals surface area contributed by atoms with Gasteiger partial charge in [-0.05, 0) is 32.1 Å². The van der Waals surface area contributed by atoms with Crippen LogP contribution >= 0.6 is 0 Å². The van der Waals surface area contributed by atoms with Gasteiger partial charge < -0.3 is 30.3 Å². The molecule has 1 rings (SSSR count). The third-order valence-corrected chi connectivity index (χ3v) is 6.31. The van der Waals surface area contributed by atoms with Crippen molar-refractivity contribution < 1.29 is 30.3 Å². The van der Waals surface area contributed by atoms with Crippen LogP contribution in [-0.4, -0.2) is 68.8 Å². The number of ether oxygens (including phenoxy) is 1. The molecule has 184 valence electrons. The summed E-state index contributed by atoms with van der Waals surface area (Å²) in [5, 5.41) is 48.9. The molecule has 31 heavy (non-hydrogen) atoms. The van der Waals surface area contributed by atoms with Crippen LogP contribution in [0.25, 0.3) is 0 Å². The Labute approximate surface area is 189 Å². The maximum atomic E-state index is 10.1. The van der Waals surface area contributed by atoms with Gasteiger partial charge in [-0.15, -0.1) is 0 Å². The van der Waals surface area contributed by atoms with Gasteiger partial charge in [0.2, 0.25) is 0 Å². The SMILES string of the molecule is CCCCCCCCCCCCC/C=C/[C@@H](O)CCC[C@@H]1OC(CO)[C@@H](O)C(O)C1O. The smallest absolute Gasteiger partial charge is 0.111 e. The van der Waals surface area contributed by atoms with E-state index in [1.807, 2.05) is 12.2 Å². The molecule has 0 aromatic heterocycles. The largest absolute Gasteiger partial charge is 0.394 e. The molecular formula is C25H48O6. The van der Waals surface area contributed by atoms with Gasteiger partial charge in [0.05, 0.1) is 18.8 Å². The molecule has 1 fully saturated rings. The average Bonchev–Trinajstić information content (AvgIpc) is 2.77. The molecule has 0 spiro atoms. The molecule has 0 saturated carbocycles. The minimum absolute atomic E-state index is 0.411. The predicted octanol–water partition coefficient (Wildman–Crippen LogP) is 3.62. The lowest BCUT2D eigenvalue weighted by molar-refractivity contribution is -0.230. The minimum Gasteiger partial charge on any atom is -0.394 e. The van der Waals surface area contributed by atoms with E-state index in [0.717, 1.165) is 12.8 Å². The topological polar surface area (TPSA) is 110 Å². The second kappa shape index (κ2) is 18.0. The monoisotopic (exact) mass is 444 g/mol. The molecular weight excluding hydrogens is 396 g/mol. The summed E-state index contributed by atoms with van der Waals surface area (Å²) < 4.78 is 5.49. The third kappa shape index (κ3) is 12.4. The van der Waals surface area contributed by atoms with Crippen molar-refractivity contribution in [1.29, 1.82) is 0 Å². The Bertz CT molecular complexity index is 442. The summed E-state index contributed by atoms with van der Waals surface area (Å²) >= 11 is 0. The Morgan fingerprint density at radius 3 is 1.87 bits per heavy atom. The Morgan fingerprint density at radius 1 is 0.742 bits per heavy atom. The first kappa shape index (κ1) is 28.5. The quantitative estimate of drug-likeness (QED) is 0.163. The summed E-state index contributed by atoms with van der Waals surface area (Å²) in [4.78, 5) is 0. The van der Waals surface area contributed by atoms with Crippen LogP contribution in [0, 0.1) is 0 Å². The van der Waals surface area contributed by atoms with Crippen LogP contribution in [0.2, 0.25) is 0 Å². The number of unbranched alkanes of at least 4 members (excludes halogenated alkanes) is 11. The van der Waals surface area contributed by atoms with Crippen molar-refractivity contribution in [1.82, 2.24) is 0 Å². The van der Waals surface area contributed by atoms with Crippen LogP contribution in [0.1, 0.15) is 103 Å². The number of allylic oxidation sites excluding steroid dienone is 1. The molecule has 0 radical (unpaired) electrons. The zero-order valence-corrected chi connectivity index (χ0v) is 19.6. The molecule has 0 aliphatic carbocycles. The van der Waals surface area contributed by atoms with Crippen molar-refractivity contribution in [3.63, 3.8) is 0 Å². The summed E-state index contributed by atoms with van der Waals surface area (Å²) in [6.45, 7) is 1.84. The number of aliphatic hydroxyl groups is 5. The molecule has 1 aliphatic heterocycles. The predicted molar refractivity (Wildman–Crippen MR) is 124 cm³/mol. The molecule has 0 aromatic carbocycles. The highest BCUT2D eigenvalue weighted by Crippen LogP contribution is 2.24. The first-order chi connectivity index (χ1) is 15.0. The van der Waals surface area contributed by atoms with Crippen molar-refractivity contribution in [3.8, 4) is 0 Å². The maximum absolute atomic E-state index is 10.1. The lowest BCUT2D eigenvalue weighted by atomic mass is 9.92. The van der Waals surface area contributed by atoms with Crippen LogP contribution in [0.15, 0.2) is 12.2 Å². The van der Waals surface area contributed by atoms with Gasteiger partial charge >= 0.3 is 0 Å². The van der Waals surface area contributed by atoms with Crippen LogP contribution in [-0.2, 0) is 4.74 Å². The second-order valence-corrected chi connectivity index (χ2v) is 9.12. The fraction of sp³-hybridized carbons (Fsp3) is 0.920. The molecule has 6 atom stereocenters. The van der Waals surface area contributed by atoms with Gasteiger partial charge in [0.15, 0.2) is 0 Å². The van der Waals surface area contributed by atoms with Crippen molar-refractivity contribution >= 4 is 0 Å². The molecule has 1 saturated heterocycles. The summed E-state index contributed by atoms with van der Waals surface area (Å²) in [6.07, 6.45) is 15.2. The van der Waals surface area contributed by atoms with Crippen LogP contribution in [0.5, 0.6) is 0 Å². The number of rotatable bonds is 18. The van der Waals surface area contributed by atoms with E-state index >= 15 is 0 Å². The van der Waals surface area contributed by atoms with Crippen molar-refractivity contribution in [2.75, 3.05) is 6.61 Å². The van der Waals surface area contributed by atoms with Gasteiger partial charge in [0, 0.05) is 0 Å². The highest BCUT2D eigenvalue weighted by atomic mass is 16.5. The van der Waals surface area contributed by atoms with Crippen molar-refractivity contribution in [2.24, 2.45) is 0 Å². The zero-order chi connectivity index (χ0) is 22.9. The first-order valence-corrected chi connectivity index (χ1v) is 12.7. The zero-order valence-electron chi connectivity index (χ0n) is 19.6. The molecule has 0 amide bonds. The summed E-state index contributed by atoms with van der Waals surface area (Å²) in [5.41, 5.74) is 0. The fourth-order valence-electron chi connectivity index (χ4n) is 4.22. The molecule has 3 unspecified atom stereocenters.